The minimum atomic E-state index is -0.175. The minimum absolute atomic E-state index is 0.0208. The molecule has 1 aromatic heterocycles. The van der Waals surface area contributed by atoms with E-state index in [0.717, 1.165) is 5.82 Å². The van der Waals surface area contributed by atoms with Gasteiger partial charge < -0.3 is 4.74 Å². The van der Waals surface area contributed by atoms with Gasteiger partial charge in [-0.15, -0.1) is 0 Å². The van der Waals surface area contributed by atoms with Gasteiger partial charge in [-0.2, -0.15) is 0 Å². The molecule has 0 spiro atoms. The number of benzene rings is 1. The summed E-state index contributed by atoms with van der Waals surface area (Å²) in [6, 6.07) is 5.34. The van der Waals surface area contributed by atoms with Crippen molar-refractivity contribution < 1.29 is 4.74 Å². The quantitative estimate of drug-likeness (QED) is 0.775. The van der Waals surface area contributed by atoms with Crippen LogP contribution in [0.3, 0.4) is 0 Å². The van der Waals surface area contributed by atoms with Crippen molar-refractivity contribution in [1.29, 1.82) is 0 Å². The topological polar surface area (TPSA) is 44.1 Å². The van der Waals surface area contributed by atoms with E-state index in [2.05, 4.69) is 4.98 Å². The molecule has 1 aromatic carbocycles. The van der Waals surface area contributed by atoms with Crippen LogP contribution in [0.15, 0.2) is 23.0 Å². The smallest absolute Gasteiger partial charge is 0.261 e. The van der Waals surface area contributed by atoms with Gasteiger partial charge in [0.25, 0.3) is 5.56 Å². The van der Waals surface area contributed by atoms with Crippen molar-refractivity contribution in [3.8, 4) is 5.75 Å². The average Bonchev–Trinajstić information content (AvgIpc) is 2.31. The van der Waals surface area contributed by atoms with Gasteiger partial charge in [0, 0.05) is 18.5 Å². The summed E-state index contributed by atoms with van der Waals surface area (Å²) in [6.45, 7) is 6.13. The molecule has 0 unspecified atom stereocenters. The highest BCUT2D eigenvalue weighted by molar-refractivity contribution is 5.79. The largest absolute Gasteiger partial charge is 0.497 e. The van der Waals surface area contributed by atoms with E-state index in [1.165, 1.54) is 0 Å². The van der Waals surface area contributed by atoms with Crippen LogP contribution < -0.4 is 10.3 Å². The van der Waals surface area contributed by atoms with E-state index in [0.29, 0.717) is 16.7 Å². The van der Waals surface area contributed by atoms with Gasteiger partial charge in [-0.1, -0.05) is 20.8 Å². The Balaban J connectivity index is 2.84. The summed E-state index contributed by atoms with van der Waals surface area (Å²) in [4.78, 5) is 16.9. The number of hydrogen-bond donors (Lipinski definition) is 0. The molecular weight excluding hydrogens is 228 g/mol. The summed E-state index contributed by atoms with van der Waals surface area (Å²) < 4.78 is 6.79. The molecule has 0 saturated heterocycles. The summed E-state index contributed by atoms with van der Waals surface area (Å²) in [5.74, 6) is 1.48. The molecule has 0 atom stereocenters. The molecule has 0 radical (unpaired) electrons. The predicted molar refractivity (Wildman–Crippen MR) is 72.2 cm³/mol. The van der Waals surface area contributed by atoms with Crippen molar-refractivity contribution in [1.82, 2.24) is 9.55 Å². The zero-order valence-electron chi connectivity index (χ0n) is 11.4. The predicted octanol–water partition coefficient (Wildman–Crippen LogP) is 2.24. The molecule has 0 aliphatic carbocycles. The third-order valence-corrected chi connectivity index (χ3v) is 2.95. The molecule has 2 rings (SSSR count). The van der Waals surface area contributed by atoms with E-state index in [1.54, 1.807) is 36.9 Å². The second-order valence-corrected chi connectivity index (χ2v) is 5.43. The Kier molecular flexibility index (Phi) is 2.89. The number of rotatable bonds is 1. The molecule has 0 amide bonds. The molecule has 96 valence electrons. The lowest BCUT2D eigenvalue weighted by molar-refractivity contribution is 0.415. The van der Waals surface area contributed by atoms with E-state index < -0.39 is 0 Å². The SMILES string of the molecule is COc1ccc2c(=O)n(C)c(C(C)(C)C)nc2c1. The first-order valence-electron chi connectivity index (χ1n) is 5.90. The Labute approximate surface area is 106 Å². The summed E-state index contributed by atoms with van der Waals surface area (Å²) in [5.41, 5.74) is 0.487. The van der Waals surface area contributed by atoms with Crippen molar-refractivity contribution in [2.24, 2.45) is 7.05 Å². The first-order valence-corrected chi connectivity index (χ1v) is 5.90. The maximum Gasteiger partial charge on any atom is 0.261 e. The first-order chi connectivity index (χ1) is 8.34. The fourth-order valence-electron chi connectivity index (χ4n) is 2.05. The first kappa shape index (κ1) is 12.6. The van der Waals surface area contributed by atoms with Gasteiger partial charge in [0.15, 0.2) is 0 Å². The zero-order chi connectivity index (χ0) is 13.5. The standard InChI is InChI=1S/C14H18N2O2/c1-14(2,3)13-15-11-8-9(18-5)6-7-10(11)12(17)16(13)4/h6-8H,1-5H3. The second-order valence-electron chi connectivity index (χ2n) is 5.43. The van der Waals surface area contributed by atoms with Crippen LogP contribution in [0.2, 0.25) is 0 Å². The lowest BCUT2D eigenvalue weighted by atomic mass is 9.95. The van der Waals surface area contributed by atoms with Crippen LogP contribution in [-0.4, -0.2) is 16.7 Å². The fourth-order valence-corrected chi connectivity index (χ4v) is 2.05. The molecule has 0 fully saturated rings. The Bertz CT molecular complexity index is 651. The number of nitrogens with zero attached hydrogens (tertiary/aromatic N) is 2. The van der Waals surface area contributed by atoms with E-state index in [4.69, 9.17) is 4.74 Å². The highest BCUT2D eigenvalue weighted by Crippen LogP contribution is 2.22. The molecule has 4 nitrogen and oxygen atoms in total. The van der Waals surface area contributed by atoms with Crippen LogP contribution >= 0.6 is 0 Å². The highest BCUT2D eigenvalue weighted by atomic mass is 16.5. The molecule has 0 bridgehead atoms. The Morgan fingerprint density at radius 3 is 2.50 bits per heavy atom. The van der Waals surface area contributed by atoms with Crippen LogP contribution in [0.4, 0.5) is 0 Å². The Morgan fingerprint density at radius 1 is 1.28 bits per heavy atom. The molecule has 0 saturated carbocycles. The van der Waals surface area contributed by atoms with Crippen molar-refractivity contribution >= 4 is 10.9 Å². The molecular formula is C14H18N2O2. The van der Waals surface area contributed by atoms with Crippen molar-refractivity contribution in [2.45, 2.75) is 26.2 Å². The molecule has 2 aromatic rings. The van der Waals surface area contributed by atoms with Gasteiger partial charge in [0.2, 0.25) is 0 Å². The third-order valence-electron chi connectivity index (χ3n) is 2.95. The number of aromatic nitrogens is 2. The average molecular weight is 246 g/mol. The summed E-state index contributed by atoms with van der Waals surface area (Å²) >= 11 is 0. The highest BCUT2D eigenvalue weighted by Gasteiger charge is 2.20. The lowest BCUT2D eigenvalue weighted by Gasteiger charge is -2.21. The molecule has 0 aliphatic rings. The number of methoxy groups -OCH3 is 1. The van der Waals surface area contributed by atoms with Gasteiger partial charge in [0.05, 0.1) is 18.0 Å². The molecule has 4 heteroatoms. The number of fused-ring (bicyclic) bond motifs is 1. The number of ether oxygens (including phenoxy) is 1. The van der Waals surface area contributed by atoms with Crippen molar-refractivity contribution in [3.63, 3.8) is 0 Å². The maximum absolute atomic E-state index is 12.3. The van der Waals surface area contributed by atoms with Gasteiger partial charge in [-0.05, 0) is 12.1 Å². The van der Waals surface area contributed by atoms with Crippen LogP contribution in [0.25, 0.3) is 10.9 Å². The molecule has 1 heterocycles. The summed E-state index contributed by atoms with van der Waals surface area (Å²) in [5, 5.41) is 0.617. The van der Waals surface area contributed by atoms with Gasteiger partial charge in [-0.3, -0.25) is 9.36 Å². The van der Waals surface area contributed by atoms with E-state index >= 15 is 0 Å². The maximum atomic E-state index is 12.3. The van der Waals surface area contributed by atoms with E-state index in [-0.39, 0.29) is 11.0 Å². The lowest BCUT2D eigenvalue weighted by Crippen LogP contribution is -2.29. The summed E-state index contributed by atoms with van der Waals surface area (Å²) in [6.07, 6.45) is 0. The molecule has 18 heavy (non-hydrogen) atoms. The van der Waals surface area contributed by atoms with Crippen LogP contribution in [0, 0.1) is 0 Å². The minimum Gasteiger partial charge on any atom is -0.497 e. The van der Waals surface area contributed by atoms with E-state index in [9.17, 15) is 4.79 Å². The number of hydrogen-bond acceptors (Lipinski definition) is 3. The fraction of sp³-hybridized carbons (Fsp3) is 0.429. The van der Waals surface area contributed by atoms with Crippen LogP contribution in [0.5, 0.6) is 5.75 Å². The third kappa shape index (κ3) is 1.98. The van der Waals surface area contributed by atoms with Gasteiger partial charge in [-0.25, -0.2) is 4.98 Å². The van der Waals surface area contributed by atoms with Crippen molar-refractivity contribution in [3.05, 3.63) is 34.4 Å². The van der Waals surface area contributed by atoms with Gasteiger partial charge >= 0.3 is 0 Å². The van der Waals surface area contributed by atoms with Crippen molar-refractivity contribution in [2.75, 3.05) is 7.11 Å². The Hall–Kier alpha value is -1.84. The Morgan fingerprint density at radius 2 is 1.94 bits per heavy atom. The van der Waals surface area contributed by atoms with Gasteiger partial charge in [0.1, 0.15) is 11.6 Å². The van der Waals surface area contributed by atoms with E-state index in [1.807, 2.05) is 20.8 Å². The zero-order valence-corrected chi connectivity index (χ0v) is 11.4. The second kappa shape index (κ2) is 4.12. The monoisotopic (exact) mass is 246 g/mol. The van der Waals surface area contributed by atoms with Crippen LogP contribution in [-0.2, 0) is 12.5 Å². The molecule has 0 N–H and O–H groups in total. The molecule has 0 aliphatic heterocycles. The van der Waals surface area contributed by atoms with Crippen LogP contribution in [0.1, 0.15) is 26.6 Å². The normalized spacial score (nSPS) is 11.8. The summed E-state index contributed by atoms with van der Waals surface area (Å²) in [7, 11) is 3.37.